The third-order valence-corrected chi connectivity index (χ3v) is 5.50. The molecule has 7 aromatic rings. The molecular formula is C21H28N26. The van der Waals surface area contributed by atoms with Gasteiger partial charge < -0.3 is 22.9 Å². The van der Waals surface area contributed by atoms with Crippen LogP contribution in [-0.4, -0.2) is 106 Å². The number of anilines is 6. The fourth-order valence-electron chi connectivity index (χ4n) is 3.68. The lowest BCUT2D eigenvalue weighted by molar-refractivity contribution is 0.662. The largest absolute Gasteiger partial charge is 0.368 e. The van der Waals surface area contributed by atoms with Crippen LogP contribution >= 0.6 is 0 Å². The standard InChI is InChI=1S/C12H14N8.C7H9N13.C2H5N5/c1-7-5-9(3)19(17-7)11-13-15-12(16-14-11)20-10(4)6-8(2)18-20;8-4-10-2(13-16-4)1-3-14-19-7(20-15-3)12-6-11-5(9)17-18-6;3-1-5-2(4)7-6-1/h5-6H,1-4H3;1H2,(H3,8,10,13,16)(H4,9,11,12,17,18,19,20);(H5,3,4,5,6,7). The molecule has 0 aliphatic rings. The van der Waals surface area contributed by atoms with Gasteiger partial charge in [0.05, 0.1) is 17.8 Å². The van der Waals surface area contributed by atoms with E-state index in [-0.39, 0.29) is 42.1 Å². The van der Waals surface area contributed by atoms with Crippen molar-refractivity contribution in [3.63, 3.8) is 0 Å². The van der Waals surface area contributed by atoms with Gasteiger partial charge in [0.15, 0.2) is 5.82 Å². The number of aromatic amines is 3. The Labute approximate surface area is 262 Å². The van der Waals surface area contributed by atoms with Crippen molar-refractivity contribution < 1.29 is 0 Å². The van der Waals surface area contributed by atoms with Gasteiger partial charge in [0, 0.05) is 11.4 Å². The maximum atomic E-state index is 5.38. The molecule has 7 heterocycles. The van der Waals surface area contributed by atoms with E-state index in [1.807, 2.05) is 39.8 Å². The Bertz CT molecular complexity index is 1880. The molecule has 0 aromatic carbocycles. The van der Waals surface area contributed by atoms with E-state index < -0.39 is 0 Å². The van der Waals surface area contributed by atoms with Crippen molar-refractivity contribution >= 4 is 35.7 Å². The van der Waals surface area contributed by atoms with Gasteiger partial charge in [-0.2, -0.15) is 25.1 Å². The van der Waals surface area contributed by atoms with Crippen LogP contribution in [0.5, 0.6) is 0 Å². The molecule has 0 aliphatic carbocycles. The summed E-state index contributed by atoms with van der Waals surface area (Å²) in [4.78, 5) is 11.2. The molecule has 0 unspecified atom stereocenters. The molecule has 0 radical (unpaired) electrons. The third-order valence-electron chi connectivity index (χ3n) is 5.50. The number of nitrogen functional groups attached to an aromatic ring is 4. The summed E-state index contributed by atoms with van der Waals surface area (Å²) >= 11 is 0. The Kier molecular flexibility index (Phi) is 8.99. The fourth-order valence-corrected chi connectivity index (χ4v) is 3.68. The van der Waals surface area contributed by atoms with Crippen LogP contribution in [0.25, 0.3) is 11.9 Å². The Morgan fingerprint density at radius 2 is 1.11 bits per heavy atom. The molecule has 47 heavy (non-hydrogen) atoms. The molecule has 0 amide bonds. The minimum atomic E-state index is 0.143. The molecule has 0 atom stereocenters. The number of aromatic nitrogens is 21. The van der Waals surface area contributed by atoms with Gasteiger partial charge in [-0.3, -0.25) is 10.4 Å². The molecule has 0 fully saturated rings. The summed E-state index contributed by atoms with van der Waals surface area (Å²) in [5, 5.41) is 61.3. The smallest absolute Gasteiger partial charge is 0.289 e. The topological polar surface area (TPSA) is 380 Å². The Morgan fingerprint density at radius 1 is 0.596 bits per heavy atom. The molecule has 242 valence electrons. The van der Waals surface area contributed by atoms with Crippen molar-refractivity contribution in [3.05, 3.63) is 46.6 Å². The Morgan fingerprint density at radius 3 is 1.49 bits per heavy atom. The lowest BCUT2D eigenvalue weighted by atomic mass is 10.4. The van der Waals surface area contributed by atoms with E-state index in [9.17, 15) is 0 Å². The maximum Gasteiger partial charge on any atom is 0.289 e. The van der Waals surface area contributed by atoms with E-state index in [4.69, 9.17) is 22.9 Å². The molecule has 0 saturated carbocycles. The van der Waals surface area contributed by atoms with Crippen molar-refractivity contribution in [2.24, 2.45) is 0 Å². The number of hydrogen-bond donors (Lipinski definition) is 8. The van der Waals surface area contributed by atoms with Crippen LogP contribution < -0.4 is 28.3 Å². The number of hydrogen-bond acceptors (Lipinski definition) is 21. The zero-order chi connectivity index (χ0) is 33.5. The van der Waals surface area contributed by atoms with Gasteiger partial charge in [-0.15, -0.1) is 56.1 Å². The number of aryl methyl sites for hydroxylation is 4. The molecule has 0 bridgehead atoms. The second-order valence-electron chi connectivity index (χ2n) is 9.38. The van der Waals surface area contributed by atoms with Crippen LogP contribution in [-0.2, 0) is 6.42 Å². The van der Waals surface area contributed by atoms with E-state index in [1.54, 1.807) is 9.36 Å². The normalized spacial score (nSPS) is 10.6. The lowest BCUT2D eigenvalue weighted by Crippen LogP contribution is -2.13. The minimum absolute atomic E-state index is 0.143. The van der Waals surface area contributed by atoms with Crippen molar-refractivity contribution in [2.45, 2.75) is 34.1 Å². The molecular weight excluding hydrogens is 616 g/mol. The molecule has 0 spiro atoms. The van der Waals surface area contributed by atoms with E-state index in [1.165, 1.54) is 0 Å². The van der Waals surface area contributed by atoms with Crippen LogP contribution in [0, 0.1) is 27.7 Å². The van der Waals surface area contributed by atoms with Gasteiger partial charge in [-0.05, 0) is 39.8 Å². The average molecular weight is 645 g/mol. The average Bonchev–Trinajstić information content (AvgIpc) is 3.87. The second-order valence-corrected chi connectivity index (χ2v) is 9.38. The van der Waals surface area contributed by atoms with Crippen molar-refractivity contribution in [1.29, 1.82) is 0 Å². The summed E-state index contributed by atoms with van der Waals surface area (Å²) in [6, 6.07) is 3.89. The van der Waals surface area contributed by atoms with E-state index >= 15 is 0 Å². The number of rotatable bonds is 6. The highest BCUT2D eigenvalue weighted by atomic mass is 15.5. The lowest BCUT2D eigenvalue weighted by Gasteiger charge is -2.02. The highest BCUT2D eigenvalue weighted by molar-refractivity contribution is 5.42. The van der Waals surface area contributed by atoms with Gasteiger partial charge in [0.1, 0.15) is 5.82 Å². The number of nitrogens with one attached hydrogen (secondary N) is 4. The molecule has 26 nitrogen and oxygen atoms in total. The number of nitrogens with two attached hydrogens (primary N) is 4. The minimum Gasteiger partial charge on any atom is -0.368 e. The number of H-pyrrole nitrogens is 3. The highest BCUT2D eigenvalue weighted by Gasteiger charge is 2.12. The zero-order valence-corrected chi connectivity index (χ0v) is 25.2. The predicted octanol–water partition coefficient (Wildman–Crippen LogP) is -2.16. The van der Waals surface area contributed by atoms with Gasteiger partial charge >= 0.3 is 0 Å². The summed E-state index contributed by atoms with van der Waals surface area (Å²) in [5.41, 5.74) is 24.5. The molecule has 26 heteroatoms. The monoisotopic (exact) mass is 644 g/mol. The fraction of sp³-hybridized carbons (Fsp3) is 0.238. The summed E-state index contributed by atoms with van der Waals surface area (Å²) in [6.45, 7) is 7.68. The first-order chi connectivity index (χ1) is 22.5. The summed E-state index contributed by atoms with van der Waals surface area (Å²) < 4.78 is 3.22. The van der Waals surface area contributed by atoms with Gasteiger partial charge in [0.25, 0.3) is 23.8 Å². The summed E-state index contributed by atoms with van der Waals surface area (Å²) in [5.74, 6) is 2.70. The first kappa shape index (κ1) is 31.2. The van der Waals surface area contributed by atoms with Crippen molar-refractivity contribution in [1.82, 2.24) is 106 Å². The van der Waals surface area contributed by atoms with Crippen LogP contribution in [0.3, 0.4) is 0 Å². The van der Waals surface area contributed by atoms with E-state index in [0.717, 1.165) is 22.8 Å². The van der Waals surface area contributed by atoms with Crippen LogP contribution in [0.4, 0.5) is 35.7 Å². The van der Waals surface area contributed by atoms with Crippen molar-refractivity contribution in [2.75, 3.05) is 28.3 Å². The molecule has 7 rings (SSSR count). The van der Waals surface area contributed by atoms with Crippen LogP contribution in [0.2, 0.25) is 0 Å². The number of nitrogens with zero attached hydrogens (tertiary/aromatic N) is 18. The first-order valence-electron chi connectivity index (χ1n) is 13.3. The molecule has 7 aromatic heterocycles. The van der Waals surface area contributed by atoms with Crippen LogP contribution in [0.1, 0.15) is 34.4 Å². The third kappa shape index (κ3) is 8.21. The van der Waals surface area contributed by atoms with Gasteiger partial charge in [0.2, 0.25) is 23.8 Å². The van der Waals surface area contributed by atoms with Gasteiger partial charge in [-0.1, -0.05) is 0 Å². The second kappa shape index (κ2) is 13.6. The summed E-state index contributed by atoms with van der Waals surface area (Å²) in [7, 11) is 0. The van der Waals surface area contributed by atoms with Crippen molar-refractivity contribution in [3.8, 4) is 11.9 Å². The Hall–Kier alpha value is -7.28. The zero-order valence-electron chi connectivity index (χ0n) is 25.2. The SMILES string of the molecule is Cc1cc(C)n(-c2nnc(-n3nc(C)cc3C)nn2)n1.Nc1n[nH]c(Cc2nnc(Nc3n[nH]c(N)n3)nn2)n1.Nc1n[nH]c(N)n1. The molecule has 0 aliphatic heterocycles. The first-order valence-corrected chi connectivity index (χ1v) is 13.3. The highest BCUT2D eigenvalue weighted by Crippen LogP contribution is 2.09. The Balaban J connectivity index is 0.000000153. The van der Waals surface area contributed by atoms with E-state index in [0.29, 0.717) is 23.5 Å². The maximum absolute atomic E-state index is 5.38. The van der Waals surface area contributed by atoms with E-state index in [2.05, 4.69) is 102 Å². The van der Waals surface area contributed by atoms with Gasteiger partial charge in [-0.25, -0.2) is 19.6 Å². The molecule has 0 saturated heterocycles. The quantitative estimate of drug-likeness (QED) is 0.0955. The predicted molar refractivity (Wildman–Crippen MR) is 161 cm³/mol. The molecule has 12 N–H and O–H groups in total. The van der Waals surface area contributed by atoms with Crippen LogP contribution in [0.15, 0.2) is 12.1 Å². The summed E-state index contributed by atoms with van der Waals surface area (Å²) in [6.07, 6.45) is 0.290.